The van der Waals surface area contributed by atoms with Crippen LogP contribution < -0.4 is 5.56 Å². The number of aryl methyl sites for hydroxylation is 1. The number of pyridine rings is 1. The van der Waals surface area contributed by atoms with E-state index in [0.717, 1.165) is 16.6 Å². The Morgan fingerprint density at radius 2 is 1.82 bits per heavy atom. The molecule has 5 heteroatoms. The van der Waals surface area contributed by atoms with Gasteiger partial charge in [0.15, 0.2) is 0 Å². The number of para-hydroxylation sites is 1. The maximum atomic E-state index is 12.7. The van der Waals surface area contributed by atoms with Crippen molar-refractivity contribution in [2.45, 2.75) is 6.92 Å². The largest absolute Gasteiger partial charge is 0.358 e. The highest BCUT2D eigenvalue weighted by Gasteiger charge is 2.21. The summed E-state index contributed by atoms with van der Waals surface area (Å²) in [5.74, 6) is 0. The fraction of sp³-hybridized carbons (Fsp3) is 0.0588. The Morgan fingerprint density at radius 3 is 2.59 bits per heavy atom. The number of nitrogens with zero attached hydrogens (tertiary/aromatic N) is 2. The number of hydrogen-bond donors (Lipinski definition) is 1. The Balaban J connectivity index is 2.10. The Kier molecular flexibility index (Phi) is 2.81. The summed E-state index contributed by atoms with van der Waals surface area (Å²) in [4.78, 5) is 16.0. The van der Waals surface area contributed by atoms with Crippen LogP contribution in [0.15, 0.2) is 53.3 Å². The zero-order chi connectivity index (χ0) is 15.3. The molecule has 0 spiro atoms. The zero-order valence-corrected chi connectivity index (χ0v) is 12.6. The number of hydrogen-bond acceptors (Lipinski definition) is 2. The lowest BCUT2D eigenvalue weighted by Crippen LogP contribution is -2.15. The summed E-state index contributed by atoms with van der Waals surface area (Å²) in [5.41, 5.74) is 3.69. The molecule has 0 radical (unpaired) electrons. The lowest BCUT2D eigenvalue weighted by Gasteiger charge is -2.05. The van der Waals surface area contributed by atoms with Crippen LogP contribution in [0.2, 0.25) is 5.02 Å². The molecule has 22 heavy (non-hydrogen) atoms. The predicted octanol–water partition coefficient (Wildman–Crippen LogP) is 3.78. The van der Waals surface area contributed by atoms with Crippen molar-refractivity contribution in [1.82, 2.24) is 14.8 Å². The standard InChI is InChI=1S/C17H12ClN3O/c1-10-15-16(13-4-2-3-5-14(13)19-10)20-21(17(15)22)12-8-6-11(18)7-9-12/h2-9,19H,1H3. The van der Waals surface area contributed by atoms with Crippen LogP contribution >= 0.6 is 11.6 Å². The van der Waals surface area contributed by atoms with E-state index in [-0.39, 0.29) is 5.56 Å². The highest BCUT2D eigenvalue weighted by molar-refractivity contribution is 6.30. The summed E-state index contributed by atoms with van der Waals surface area (Å²) in [6, 6.07) is 14.9. The SMILES string of the molecule is Cc1[nH]c2ccccc2c2nn(-c3ccc(Cl)cc3)c(=O)c1-2. The summed E-state index contributed by atoms with van der Waals surface area (Å²) in [5, 5.41) is 6.11. The number of fused-ring (bicyclic) bond motifs is 3. The van der Waals surface area contributed by atoms with Gasteiger partial charge < -0.3 is 4.98 Å². The van der Waals surface area contributed by atoms with Gasteiger partial charge in [0.1, 0.15) is 5.69 Å². The second-order valence-corrected chi connectivity index (χ2v) is 5.65. The van der Waals surface area contributed by atoms with Gasteiger partial charge in [-0.25, -0.2) is 0 Å². The molecule has 0 bridgehead atoms. The summed E-state index contributed by atoms with van der Waals surface area (Å²) in [7, 11) is 0. The van der Waals surface area contributed by atoms with Crippen molar-refractivity contribution in [1.29, 1.82) is 0 Å². The molecule has 1 N–H and O–H groups in total. The van der Waals surface area contributed by atoms with Crippen LogP contribution in [-0.4, -0.2) is 14.8 Å². The number of H-pyrrole nitrogens is 1. The first-order valence-electron chi connectivity index (χ1n) is 6.91. The summed E-state index contributed by atoms with van der Waals surface area (Å²) >= 11 is 5.91. The third-order valence-electron chi connectivity index (χ3n) is 3.79. The Bertz CT molecular complexity index is 1010. The van der Waals surface area contributed by atoms with E-state index in [0.29, 0.717) is 22.0 Å². The molecule has 2 aliphatic heterocycles. The molecule has 0 aromatic heterocycles. The molecule has 0 saturated heterocycles. The van der Waals surface area contributed by atoms with Crippen molar-refractivity contribution in [3.63, 3.8) is 0 Å². The van der Waals surface area contributed by atoms with Crippen molar-refractivity contribution in [3.8, 4) is 16.9 Å². The van der Waals surface area contributed by atoms with Crippen molar-refractivity contribution in [3.05, 3.63) is 69.6 Å². The number of aromatic amines is 1. The molecular weight excluding hydrogens is 298 g/mol. The second-order valence-electron chi connectivity index (χ2n) is 5.21. The van der Waals surface area contributed by atoms with E-state index in [1.54, 1.807) is 24.3 Å². The van der Waals surface area contributed by atoms with E-state index >= 15 is 0 Å². The number of aromatic nitrogens is 3. The molecule has 0 fully saturated rings. The number of halogens is 1. The fourth-order valence-electron chi connectivity index (χ4n) is 2.75. The van der Waals surface area contributed by atoms with Crippen molar-refractivity contribution < 1.29 is 0 Å². The Morgan fingerprint density at radius 1 is 1.09 bits per heavy atom. The molecule has 4 nitrogen and oxygen atoms in total. The van der Waals surface area contributed by atoms with Crippen molar-refractivity contribution in [2.75, 3.05) is 0 Å². The summed E-state index contributed by atoms with van der Waals surface area (Å²) in [6.07, 6.45) is 0. The minimum absolute atomic E-state index is 0.128. The Hall–Kier alpha value is -2.59. The monoisotopic (exact) mass is 309 g/mol. The maximum absolute atomic E-state index is 12.7. The van der Waals surface area contributed by atoms with Crippen LogP contribution in [0.5, 0.6) is 0 Å². The van der Waals surface area contributed by atoms with Gasteiger partial charge in [-0.3, -0.25) is 4.79 Å². The third-order valence-corrected chi connectivity index (χ3v) is 4.05. The van der Waals surface area contributed by atoms with E-state index in [4.69, 9.17) is 11.6 Å². The molecular formula is C17H12ClN3O. The van der Waals surface area contributed by atoms with E-state index in [2.05, 4.69) is 10.1 Å². The van der Waals surface area contributed by atoms with Gasteiger partial charge >= 0.3 is 0 Å². The van der Waals surface area contributed by atoms with Crippen molar-refractivity contribution >= 4 is 22.5 Å². The van der Waals surface area contributed by atoms with Crippen LogP contribution in [0, 0.1) is 6.92 Å². The molecule has 4 rings (SSSR count). The maximum Gasteiger partial charge on any atom is 0.282 e. The van der Waals surface area contributed by atoms with Gasteiger partial charge in [0.05, 0.1) is 11.3 Å². The highest BCUT2D eigenvalue weighted by atomic mass is 35.5. The molecule has 0 aliphatic carbocycles. The number of nitrogens with one attached hydrogen (secondary N) is 1. The van der Waals surface area contributed by atoms with Gasteiger partial charge in [-0.15, -0.1) is 0 Å². The van der Waals surface area contributed by atoms with Gasteiger partial charge in [0.2, 0.25) is 0 Å². The summed E-state index contributed by atoms with van der Waals surface area (Å²) < 4.78 is 1.42. The second kappa shape index (κ2) is 4.71. The third kappa shape index (κ3) is 1.84. The first kappa shape index (κ1) is 13.1. The summed E-state index contributed by atoms with van der Waals surface area (Å²) in [6.45, 7) is 1.89. The molecule has 2 aromatic carbocycles. The van der Waals surface area contributed by atoms with Gasteiger partial charge in [0, 0.05) is 21.6 Å². The average Bonchev–Trinajstić information content (AvgIpc) is 2.87. The first-order chi connectivity index (χ1) is 10.6. The lowest BCUT2D eigenvalue weighted by atomic mass is 10.1. The van der Waals surface area contributed by atoms with E-state index < -0.39 is 0 Å². The van der Waals surface area contributed by atoms with Crippen LogP contribution in [0.3, 0.4) is 0 Å². The minimum Gasteiger partial charge on any atom is -0.358 e. The molecule has 0 atom stereocenters. The highest BCUT2D eigenvalue weighted by Crippen LogP contribution is 2.28. The molecule has 2 heterocycles. The number of rotatable bonds is 1. The number of benzene rings is 2. The van der Waals surface area contributed by atoms with E-state index in [1.807, 2.05) is 31.2 Å². The average molecular weight is 310 g/mol. The quantitative estimate of drug-likeness (QED) is 0.582. The molecule has 0 amide bonds. The lowest BCUT2D eigenvalue weighted by molar-refractivity contribution is 0.859. The van der Waals surface area contributed by atoms with Crippen LogP contribution in [0.1, 0.15) is 5.69 Å². The fourth-order valence-corrected chi connectivity index (χ4v) is 2.88. The van der Waals surface area contributed by atoms with Gasteiger partial charge in [-0.2, -0.15) is 9.78 Å². The first-order valence-corrected chi connectivity index (χ1v) is 7.29. The van der Waals surface area contributed by atoms with Gasteiger partial charge in [-0.1, -0.05) is 29.8 Å². The van der Waals surface area contributed by atoms with Crippen LogP contribution in [0.4, 0.5) is 0 Å². The van der Waals surface area contributed by atoms with E-state index in [9.17, 15) is 4.79 Å². The molecule has 108 valence electrons. The van der Waals surface area contributed by atoms with Gasteiger partial charge in [0.25, 0.3) is 5.56 Å². The topological polar surface area (TPSA) is 50.7 Å². The molecule has 2 aromatic rings. The van der Waals surface area contributed by atoms with Crippen molar-refractivity contribution in [2.24, 2.45) is 0 Å². The van der Waals surface area contributed by atoms with E-state index in [1.165, 1.54) is 4.68 Å². The minimum atomic E-state index is -0.128. The molecule has 0 unspecified atom stereocenters. The molecule has 0 saturated carbocycles. The molecule has 2 aliphatic rings. The smallest absolute Gasteiger partial charge is 0.282 e. The Labute approximate surface area is 131 Å². The van der Waals surface area contributed by atoms with Gasteiger partial charge in [-0.05, 0) is 37.3 Å². The van der Waals surface area contributed by atoms with Crippen LogP contribution in [0.25, 0.3) is 27.8 Å². The van der Waals surface area contributed by atoms with Crippen LogP contribution in [-0.2, 0) is 0 Å². The predicted molar refractivity (Wildman–Crippen MR) is 88.1 cm³/mol. The normalized spacial score (nSPS) is 11.4. The zero-order valence-electron chi connectivity index (χ0n) is 11.8.